The molecule has 80 valence electrons. The normalized spacial score (nSPS) is 24.1. The van der Waals surface area contributed by atoms with Gasteiger partial charge in [-0.15, -0.1) is 0 Å². The van der Waals surface area contributed by atoms with Crippen molar-refractivity contribution in [2.75, 3.05) is 6.54 Å². The predicted molar refractivity (Wildman–Crippen MR) is 49.7 cm³/mol. The zero-order valence-corrected chi connectivity index (χ0v) is 8.14. The molecule has 1 nitrogen and oxygen atoms in total. The van der Waals surface area contributed by atoms with Gasteiger partial charge in [0.2, 0.25) is 0 Å². The van der Waals surface area contributed by atoms with E-state index in [1.807, 2.05) is 0 Å². The van der Waals surface area contributed by atoms with Crippen molar-refractivity contribution in [3.05, 3.63) is 24.4 Å². The van der Waals surface area contributed by atoms with Crippen LogP contribution in [0.5, 0.6) is 0 Å². The van der Waals surface area contributed by atoms with E-state index in [9.17, 15) is 13.2 Å². The van der Waals surface area contributed by atoms with Gasteiger partial charge in [0.05, 0.1) is 0 Å². The van der Waals surface area contributed by atoms with Crippen molar-refractivity contribution < 1.29 is 13.2 Å². The zero-order valence-electron chi connectivity index (χ0n) is 8.14. The maximum Gasteiger partial charge on any atom is 0.408 e. The minimum Gasteiger partial charge on any atom is -0.360 e. The summed E-state index contributed by atoms with van der Waals surface area (Å²) in [6.45, 7) is 5.71. The average Bonchev–Trinajstić information content (AvgIpc) is 2.54. The maximum absolute atomic E-state index is 12.5. The Morgan fingerprint density at radius 3 is 2.57 bits per heavy atom. The van der Waals surface area contributed by atoms with Crippen molar-refractivity contribution in [2.24, 2.45) is 0 Å². The number of likely N-dealkylation sites (tertiary alicyclic amines) is 1. The van der Waals surface area contributed by atoms with Gasteiger partial charge in [0.25, 0.3) is 0 Å². The smallest absolute Gasteiger partial charge is 0.360 e. The number of hydrogen-bond donors (Lipinski definition) is 0. The van der Waals surface area contributed by atoms with Crippen molar-refractivity contribution in [1.82, 2.24) is 4.90 Å². The van der Waals surface area contributed by atoms with E-state index in [4.69, 9.17) is 0 Å². The molecule has 1 rings (SSSR count). The lowest BCUT2D eigenvalue weighted by molar-refractivity contribution is -0.170. The van der Waals surface area contributed by atoms with Gasteiger partial charge in [0.1, 0.15) is 6.04 Å². The standard InChI is InChI=1S/C10H14F3N/c1-3-8(4-2)14-7-5-6-9(14)10(11,12)13/h3-4,9H,1,5-7H2,2H3. The van der Waals surface area contributed by atoms with Gasteiger partial charge in [-0.3, -0.25) is 0 Å². The number of alkyl halides is 3. The first kappa shape index (κ1) is 11.1. The number of hydrogen-bond acceptors (Lipinski definition) is 1. The van der Waals surface area contributed by atoms with E-state index < -0.39 is 12.2 Å². The fourth-order valence-electron chi connectivity index (χ4n) is 1.82. The van der Waals surface area contributed by atoms with Crippen molar-refractivity contribution in [1.29, 1.82) is 0 Å². The molecule has 0 spiro atoms. The van der Waals surface area contributed by atoms with Crippen LogP contribution in [0.15, 0.2) is 24.4 Å². The van der Waals surface area contributed by atoms with Crippen molar-refractivity contribution >= 4 is 0 Å². The molecule has 0 aliphatic carbocycles. The highest BCUT2D eigenvalue weighted by Crippen LogP contribution is 2.34. The number of rotatable bonds is 2. The highest BCUT2D eigenvalue weighted by atomic mass is 19.4. The molecule has 1 aliphatic heterocycles. The van der Waals surface area contributed by atoms with E-state index in [2.05, 4.69) is 6.58 Å². The molecule has 0 bridgehead atoms. The van der Waals surface area contributed by atoms with Gasteiger partial charge in [0.15, 0.2) is 0 Å². The second-order valence-electron chi connectivity index (χ2n) is 3.31. The molecule has 0 saturated carbocycles. The van der Waals surface area contributed by atoms with Gasteiger partial charge >= 0.3 is 6.18 Å². The Morgan fingerprint density at radius 2 is 2.14 bits per heavy atom. The van der Waals surface area contributed by atoms with Crippen LogP contribution in [0.1, 0.15) is 19.8 Å². The lowest BCUT2D eigenvalue weighted by Gasteiger charge is -2.29. The summed E-state index contributed by atoms with van der Waals surface area (Å²) in [5.74, 6) is 0. The Balaban J connectivity index is 2.83. The molecule has 0 N–H and O–H groups in total. The summed E-state index contributed by atoms with van der Waals surface area (Å²) < 4.78 is 37.6. The molecule has 1 unspecified atom stereocenters. The van der Waals surface area contributed by atoms with Gasteiger partial charge in [-0.1, -0.05) is 12.7 Å². The van der Waals surface area contributed by atoms with Crippen LogP contribution in [0.25, 0.3) is 0 Å². The van der Waals surface area contributed by atoms with Crippen LogP contribution in [-0.2, 0) is 0 Å². The molecule has 1 saturated heterocycles. The summed E-state index contributed by atoms with van der Waals surface area (Å²) in [5.41, 5.74) is 0.574. The summed E-state index contributed by atoms with van der Waals surface area (Å²) in [7, 11) is 0. The van der Waals surface area contributed by atoms with Gasteiger partial charge in [-0.05, 0) is 25.8 Å². The molecular formula is C10H14F3N. The minimum atomic E-state index is -4.13. The van der Waals surface area contributed by atoms with E-state index in [1.165, 1.54) is 11.0 Å². The summed E-state index contributed by atoms with van der Waals surface area (Å²) in [6.07, 6.45) is -0.209. The van der Waals surface area contributed by atoms with E-state index in [-0.39, 0.29) is 6.42 Å². The Morgan fingerprint density at radius 1 is 1.50 bits per heavy atom. The zero-order chi connectivity index (χ0) is 10.8. The molecule has 4 heteroatoms. The van der Waals surface area contributed by atoms with Gasteiger partial charge in [-0.2, -0.15) is 13.2 Å². The van der Waals surface area contributed by atoms with Gasteiger partial charge in [0, 0.05) is 12.2 Å². The van der Waals surface area contributed by atoms with E-state index >= 15 is 0 Å². The summed E-state index contributed by atoms with van der Waals surface area (Å²) in [4.78, 5) is 1.38. The Bertz CT molecular complexity index is 242. The molecule has 1 fully saturated rings. The lowest BCUT2D eigenvalue weighted by atomic mass is 10.2. The topological polar surface area (TPSA) is 3.24 Å². The molecule has 1 aliphatic rings. The number of allylic oxidation sites excluding steroid dienone is 2. The second-order valence-corrected chi connectivity index (χ2v) is 3.31. The van der Waals surface area contributed by atoms with Crippen LogP contribution in [-0.4, -0.2) is 23.7 Å². The molecule has 14 heavy (non-hydrogen) atoms. The summed E-state index contributed by atoms with van der Waals surface area (Å²) in [5, 5.41) is 0. The van der Waals surface area contributed by atoms with Gasteiger partial charge < -0.3 is 4.90 Å². The molecule has 0 aromatic heterocycles. The van der Waals surface area contributed by atoms with Crippen LogP contribution in [0.2, 0.25) is 0 Å². The van der Waals surface area contributed by atoms with Crippen LogP contribution in [0, 0.1) is 0 Å². The van der Waals surface area contributed by atoms with E-state index in [0.29, 0.717) is 18.7 Å². The van der Waals surface area contributed by atoms with Crippen molar-refractivity contribution in [2.45, 2.75) is 32.0 Å². The van der Waals surface area contributed by atoms with Crippen molar-refractivity contribution in [3.63, 3.8) is 0 Å². The molecule has 0 amide bonds. The van der Waals surface area contributed by atoms with Crippen LogP contribution >= 0.6 is 0 Å². The first-order valence-corrected chi connectivity index (χ1v) is 4.62. The van der Waals surface area contributed by atoms with E-state index in [1.54, 1.807) is 13.0 Å². The molecular weight excluding hydrogens is 191 g/mol. The minimum absolute atomic E-state index is 0.189. The van der Waals surface area contributed by atoms with E-state index in [0.717, 1.165) is 0 Å². The van der Waals surface area contributed by atoms with Crippen LogP contribution in [0.3, 0.4) is 0 Å². The van der Waals surface area contributed by atoms with Crippen LogP contribution < -0.4 is 0 Å². The molecule has 0 aromatic rings. The second kappa shape index (κ2) is 4.07. The number of halogens is 3. The Labute approximate surface area is 81.9 Å². The lowest BCUT2D eigenvalue weighted by Crippen LogP contribution is -2.40. The first-order chi connectivity index (χ1) is 6.50. The molecule has 1 atom stereocenters. The Hall–Kier alpha value is -0.930. The SMILES string of the molecule is C=CC(=CC)N1CCCC1C(F)(F)F. The predicted octanol–water partition coefficient (Wildman–Crippen LogP) is 3.10. The van der Waals surface area contributed by atoms with Crippen molar-refractivity contribution in [3.8, 4) is 0 Å². The third-order valence-corrected chi connectivity index (χ3v) is 2.47. The molecule has 0 aromatic carbocycles. The summed E-state index contributed by atoms with van der Waals surface area (Å²) in [6, 6.07) is -1.33. The molecule has 0 radical (unpaired) electrons. The number of nitrogens with zero attached hydrogens (tertiary/aromatic N) is 1. The first-order valence-electron chi connectivity index (χ1n) is 4.62. The Kier molecular flexibility index (Phi) is 3.24. The van der Waals surface area contributed by atoms with Gasteiger partial charge in [-0.25, -0.2) is 0 Å². The summed E-state index contributed by atoms with van der Waals surface area (Å²) >= 11 is 0. The highest BCUT2D eigenvalue weighted by molar-refractivity contribution is 5.17. The highest BCUT2D eigenvalue weighted by Gasteiger charge is 2.45. The monoisotopic (exact) mass is 205 g/mol. The third-order valence-electron chi connectivity index (χ3n) is 2.47. The van der Waals surface area contributed by atoms with Crippen LogP contribution in [0.4, 0.5) is 13.2 Å². The fraction of sp³-hybridized carbons (Fsp3) is 0.600. The third kappa shape index (κ3) is 2.11. The fourth-order valence-corrected chi connectivity index (χ4v) is 1.82. The molecule has 1 heterocycles. The maximum atomic E-state index is 12.5. The average molecular weight is 205 g/mol. The largest absolute Gasteiger partial charge is 0.408 e. The quantitative estimate of drug-likeness (QED) is 0.626.